The van der Waals surface area contributed by atoms with Crippen LogP contribution >= 0.6 is 0 Å². The Kier molecular flexibility index (Phi) is 3.21. The fourth-order valence-electron chi connectivity index (χ4n) is 3.50. The van der Waals surface area contributed by atoms with Gasteiger partial charge in [-0.2, -0.15) is 0 Å². The number of rotatable bonds is 3. The number of nitrogens with zero attached hydrogens (tertiary/aromatic N) is 3. The van der Waals surface area contributed by atoms with Crippen LogP contribution < -0.4 is 5.73 Å². The first kappa shape index (κ1) is 13.4. The van der Waals surface area contributed by atoms with E-state index in [1.54, 1.807) is 0 Å². The molecule has 1 heterocycles. The van der Waals surface area contributed by atoms with E-state index in [4.69, 9.17) is 5.73 Å². The summed E-state index contributed by atoms with van der Waals surface area (Å²) < 4.78 is 2.19. The van der Waals surface area contributed by atoms with Gasteiger partial charge in [0.05, 0.1) is 11.0 Å². The predicted octanol–water partition coefficient (Wildman–Crippen LogP) is 2.80. The van der Waals surface area contributed by atoms with Gasteiger partial charge >= 0.3 is 0 Å². The average molecular weight is 272 g/mol. The first-order chi connectivity index (χ1) is 9.52. The highest BCUT2D eigenvalue weighted by atomic mass is 15.2. The van der Waals surface area contributed by atoms with Gasteiger partial charge in [-0.1, -0.05) is 18.9 Å². The Balaban J connectivity index is 2.04. The molecule has 0 radical (unpaired) electrons. The number of nitrogen functional groups attached to an aromatic ring is 1. The second-order valence-corrected chi connectivity index (χ2v) is 6.37. The molecule has 20 heavy (non-hydrogen) atoms. The van der Waals surface area contributed by atoms with Crippen molar-refractivity contribution in [2.45, 2.75) is 44.7 Å². The third-order valence-electron chi connectivity index (χ3n) is 4.87. The SMILES string of the molecule is Cc1ccc2c(c1)nc(N)n2CC1(N(C)C)CCCC1. The zero-order valence-corrected chi connectivity index (χ0v) is 12.7. The Hall–Kier alpha value is -1.55. The lowest BCUT2D eigenvalue weighted by Gasteiger charge is -2.37. The molecule has 0 unspecified atom stereocenters. The fourth-order valence-corrected chi connectivity index (χ4v) is 3.50. The number of imidazole rings is 1. The first-order valence-electron chi connectivity index (χ1n) is 7.42. The van der Waals surface area contributed by atoms with E-state index in [1.807, 2.05) is 0 Å². The average Bonchev–Trinajstić information content (AvgIpc) is 2.96. The van der Waals surface area contributed by atoms with Gasteiger partial charge in [-0.15, -0.1) is 0 Å². The molecule has 0 aliphatic heterocycles. The van der Waals surface area contributed by atoms with Crippen molar-refractivity contribution >= 4 is 17.0 Å². The van der Waals surface area contributed by atoms with Gasteiger partial charge in [0.2, 0.25) is 5.95 Å². The summed E-state index contributed by atoms with van der Waals surface area (Å²) >= 11 is 0. The molecular formula is C16H24N4. The van der Waals surface area contributed by atoms with Gasteiger partial charge in [0.25, 0.3) is 0 Å². The smallest absolute Gasteiger partial charge is 0.201 e. The molecular weight excluding hydrogens is 248 g/mol. The lowest BCUT2D eigenvalue weighted by atomic mass is 9.96. The standard InChI is InChI=1S/C16H24N4/c1-12-6-7-14-13(10-12)18-15(17)20(14)11-16(19(2)3)8-4-5-9-16/h6-7,10H,4-5,8-9,11H2,1-3H3,(H2,17,18). The normalized spacial score (nSPS) is 18.2. The summed E-state index contributed by atoms with van der Waals surface area (Å²) in [5.41, 5.74) is 9.79. The van der Waals surface area contributed by atoms with Crippen LogP contribution in [0.3, 0.4) is 0 Å². The van der Waals surface area contributed by atoms with Gasteiger partial charge in [0, 0.05) is 12.1 Å². The molecule has 1 aromatic heterocycles. The summed E-state index contributed by atoms with van der Waals surface area (Å²) in [5.74, 6) is 0.638. The quantitative estimate of drug-likeness (QED) is 0.934. The zero-order chi connectivity index (χ0) is 14.3. The van der Waals surface area contributed by atoms with Gasteiger partial charge < -0.3 is 15.2 Å². The van der Waals surface area contributed by atoms with E-state index >= 15 is 0 Å². The number of hydrogen-bond acceptors (Lipinski definition) is 3. The van der Waals surface area contributed by atoms with E-state index in [2.05, 4.69) is 53.7 Å². The van der Waals surface area contributed by atoms with E-state index < -0.39 is 0 Å². The van der Waals surface area contributed by atoms with Crippen molar-refractivity contribution in [3.05, 3.63) is 23.8 Å². The Morgan fingerprint density at radius 2 is 2.00 bits per heavy atom. The lowest BCUT2D eigenvalue weighted by molar-refractivity contribution is 0.136. The number of nitrogens with two attached hydrogens (primary N) is 1. The van der Waals surface area contributed by atoms with Crippen molar-refractivity contribution in [3.8, 4) is 0 Å². The van der Waals surface area contributed by atoms with Gasteiger partial charge in [0.15, 0.2) is 0 Å². The van der Waals surface area contributed by atoms with Crippen LogP contribution in [0.1, 0.15) is 31.2 Å². The number of aromatic nitrogens is 2. The molecule has 1 aliphatic rings. The highest BCUT2D eigenvalue weighted by molar-refractivity contribution is 5.79. The highest BCUT2D eigenvalue weighted by Crippen LogP contribution is 2.36. The summed E-state index contributed by atoms with van der Waals surface area (Å²) in [4.78, 5) is 6.90. The van der Waals surface area contributed by atoms with Crippen LogP contribution in [-0.4, -0.2) is 34.1 Å². The number of anilines is 1. The number of hydrogen-bond donors (Lipinski definition) is 1. The van der Waals surface area contributed by atoms with E-state index in [0.717, 1.165) is 17.6 Å². The summed E-state index contributed by atoms with van der Waals surface area (Å²) in [5, 5.41) is 0. The van der Waals surface area contributed by atoms with Gasteiger partial charge in [0.1, 0.15) is 0 Å². The molecule has 4 nitrogen and oxygen atoms in total. The minimum atomic E-state index is 0.229. The molecule has 108 valence electrons. The molecule has 2 aromatic rings. The van der Waals surface area contributed by atoms with E-state index in [9.17, 15) is 0 Å². The van der Waals surface area contributed by atoms with Crippen LogP contribution in [0.5, 0.6) is 0 Å². The Bertz CT molecular complexity index is 621. The number of fused-ring (bicyclic) bond motifs is 1. The summed E-state index contributed by atoms with van der Waals surface area (Å²) in [6.07, 6.45) is 5.10. The van der Waals surface area contributed by atoms with E-state index in [1.165, 1.54) is 31.2 Å². The third kappa shape index (κ3) is 2.08. The third-order valence-corrected chi connectivity index (χ3v) is 4.87. The van der Waals surface area contributed by atoms with Gasteiger partial charge in [-0.05, 0) is 51.6 Å². The Labute approximate surface area is 120 Å². The van der Waals surface area contributed by atoms with E-state index in [0.29, 0.717) is 5.95 Å². The molecule has 1 saturated carbocycles. The number of benzene rings is 1. The Morgan fingerprint density at radius 3 is 2.65 bits per heavy atom. The molecule has 0 atom stereocenters. The minimum Gasteiger partial charge on any atom is -0.369 e. The Morgan fingerprint density at radius 1 is 1.30 bits per heavy atom. The van der Waals surface area contributed by atoms with Crippen LogP contribution in [0.4, 0.5) is 5.95 Å². The van der Waals surface area contributed by atoms with Crippen LogP contribution in [0, 0.1) is 6.92 Å². The van der Waals surface area contributed by atoms with E-state index in [-0.39, 0.29) is 5.54 Å². The van der Waals surface area contributed by atoms with Crippen molar-refractivity contribution in [3.63, 3.8) is 0 Å². The van der Waals surface area contributed by atoms with Crippen LogP contribution in [0.2, 0.25) is 0 Å². The summed E-state index contributed by atoms with van der Waals surface area (Å²) in [6.45, 7) is 3.03. The van der Waals surface area contributed by atoms with Crippen molar-refractivity contribution in [2.24, 2.45) is 0 Å². The zero-order valence-electron chi connectivity index (χ0n) is 12.7. The predicted molar refractivity (Wildman–Crippen MR) is 83.8 cm³/mol. The lowest BCUT2D eigenvalue weighted by Crippen LogP contribution is -2.45. The molecule has 1 aliphatic carbocycles. The molecule has 3 rings (SSSR count). The maximum Gasteiger partial charge on any atom is 0.201 e. The maximum atomic E-state index is 6.17. The van der Waals surface area contributed by atoms with Crippen molar-refractivity contribution in [2.75, 3.05) is 19.8 Å². The van der Waals surface area contributed by atoms with Crippen LogP contribution in [-0.2, 0) is 6.54 Å². The molecule has 0 bridgehead atoms. The summed E-state index contributed by atoms with van der Waals surface area (Å²) in [6, 6.07) is 6.39. The highest BCUT2D eigenvalue weighted by Gasteiger charge is 2.37. The maximum absolute atomic E-state index is 6.17. The summed E-state index contributed by atoms with van der Waals surface area (Å²) in [7, 11) is 4.37. The number of aryl methyl sites for hydroxylation is 1. The minimum absolute atomic E-state index is 0.229. The second-order valence-electron chi connectivity index (χ2n) is 6.37. The van der Waals surface area contributed by atoms with Gasteiger partial charge in [-0.25, -0.2) is 4.98 Å². The van der Waals surface area contributed by atoms with Crippen LogP contribution in [0.25, 0.3) is 11.0 Å². The molecule has 0 spiro atoms. The van der Waals surface area contributed by atoms with Gasteiger partial charge in [-0.3, -0.25) is 0 Å². The van der Waals surface area contributed by atoms with Crippen molar-refractivity contribution in [1.29, 1.82) is 0 Å². The molecule has 1 aromatic carbocycles. The molecule has 0 amide bonds. The first-order valence-corrected chi connectivity index (χ1v) is 7.42. The topological polar surface area (TPSA) is 47.1 Å². The fraction of sp³-hybridized carbons (Fsp3) is 0.562. The van der Waals surface area contributed by atoms with Crippen molar-refractivity contribution < 1.29 is 0 Å². The van der Waals surface area contributed by atoms with Crippen LogP contribution in [0.15, 0.2) is 18.2 Å². The monoisotopic (exact) mass is 272 g/mol. The molecule has 2 N–H and O–H groups in total. The molecule has 0 saturated heterocycles. The second kappa shape index (κ2) is 4.77. The largest absolute Gasteiger partial charge is 0.369 e. The molecule has 4 heteroatoms. The molecule has 1 fully saturated rings. The van der Waals surface area contributed by atoms with Crippen molar-refractivity contribution in [1.82, 2.24) is 14.5 Å². The number of likely N-dealkylation sites (N-methyl/N-ethyl adjacent to an activating group) is 1.